The number of ether oxygens (including phenoxy) is 2. The fourth-order valence-electron chi connectivity index (χ4n) is 2.39. The Morgan fingerprint density at radius 2 is 1.91 bits per heavy atom. The van der Waals surface area contributed by atoms with E-state index in [1.54, 1.807) is 0 Å². The lowest BCUT2D eigenvalue weighted by atomic mass is 9.99. The topological polar surface area (TPSA) is 92.7 Å². The van der Waals surface area contributed by atoms with E-state index in [1.807, 2.05) is 6.92 Å². The molecule has 23 heavy (non-hydrogen) atoms. The lowest BCUT2D eigenvalue weighted by Gasteiger charge is -2.28. The Morgan fingerprint density at radius 3 is 2.39 bits per heavy atom. The van der Waals surface area contributed by atoms with Gasteiger partial charge < -0.3 is 14.0 Å². The van der Waals surface area contributed by atoms with Crippen molar-refractivity contribution >= 4 is 16.1 Å². The van der Waals surface area contributed by atoms with Gasteiger partial charge in [0.25, 0.3) is 0 Å². The van der Waals surface area contributed by atoms with Crippen LogP contribution in [-0.2, 0) is 24.4 Å². The van der Waals surface area contributed by atoms with Gasteiger partial charge in [0, 0.05) is 6.42 Å². The molecule has 0 atom stereocenters. The number of hydrogen-bond donors (Lipinski definition) is 0. The van der Waals surface area contributed by atoms with Gasteiger partial charge >= 0.3 is 11.2 Å². The van der Waals surface area contributed by atoms with Crippen LogP contribution in [0.2, 0.25) is 0 Å². The van der Waals surface area contributed by atoms with Gasteiger partial charge in [0.15, 0.2) is 10.1 Å². The molecule has 0 radical (unpaired) electrons. The quantitative estimate of drug-likeness (QED) is 0.273. The molecule has 134 valence electrons. The van der Waals surface area contributed by atoms with Crippen LogP contribution in [0.4, 0.5) is 8.78 Å². The maximum absolute atomic E-state index is 12.9. The molecule has 1 saturated carbocycles. The van der Waals surface area contributed by atoms with Crippen molar-refractivity contribution in [3.8, 4) is 0 Å². The highest BCUT2D eigenvalue weighted by molar-refractivity contribution is 7.86. The van der Waals surface area contributed by atoms with Gasteiger partial charge in [-0.1, -0.05) is 13.5 Å². The van der Waals surface area contributed by atoms with E-state index in [0.29, 0.717) is 6.42 Å². The van der Waals surface area contributed by atoms with E-state index >= 15 is 0 Å². The molecule has 0 unspecified atom stereocenters. The predicted molar refractivity (Wildman–Crippen MR) is 76.8 cm³/mol. The van der Waals surface area contributed by atoms with Crippen LogP contribution in [0.25, 0.3) is 0 Å². The number of carbonyl (C=O) groups excluding carboxylic acids is 1. The van der Waals surface area contributed by atoms with Crippen molar-refractivity contribution in [2.24, 2.45) is 0 Å². The highest BCUT2D eigenvalue weighted by Crippen LogP contribution is 2.36. The molecule has 9 heteroatoms. The van der Waals surface area contributed by atoms with Gasteiger partial charge in [-0.15, -0.1) is 0 Å². The number of alkyl halides is 2. The van der Waals surface area contributed by atoms with Gasteiger partial charge in [-0.25, -0.2) is 13.2 Å². The predicted octanol–water partition coefficient (Wildman–Crippen LogP) is 2.35. The molecule has 1 fully saturated rings. The third-order valence-corrected chi connectivity index (χ3v) is 4.87. The fraction of sp³-hybridized carbons (Fsp3) is 0.786. The van der Waals surface area contributed by atoms with Crippen LogP contribution in [0.3, 0.4) is 0 Å². The molecule has 0 aromatic heterocycles. The summed E-state index contributed by atoms with van der Waals surface area (Å²) in [5.41, 5.74) is -0.540. The second-order valence-corrected chi connectivity index (χ2v) is 7.14. The van der Waals surface area contributed by atoms with E-state index in [1.165, 1.54) is 0 Å². The first-order valence-corrected chi connectivity index (χ1v) is 8.76. The maximum atomic E-state index is 12.9. The molecule has 0 amide bonds. The Morgan fingerprint density at radius 1 is 1.35 bits per heavy atom. The Labute approximate surface area is 134 Å². The van der Waals surface area contributed by atoms with E-state index < -0.39 is 40.0 Å². The minimum atomic E-state index is -5.72. The first kappa shape index (κ1) is 20.0. The van der Waals surface area contributed by atoms with Crippen molar-refractivity contribution in [2.75, 3.05) is 13.2 Å². The number of carbonyl (C=O) groups is 1. The van der Waals surface area contributed by atoms with Crippen molar-refractivity contribution in [1.29, 1.82) is 0 Å². The monoisotopic (exact) mass is 355 g/mol. The normalized spacial score (nSPS) is 17.9. The Bertz CT molecular complexity index is 537. The van der Waals surface area contributed by atoms with Gasteiger partial charge in [0.05, 0.1) is 18.8 Å². The number of rotatable bonds is 9. The fourth-order valence-corrected chi connectivity index (χ4v) is 2.72. The summed E-state index contributed by atoms with van der Waals surface area (Å²) in [6.07, 6.45) is 2.90. The van der Waals surface area contributed by atoms with Crippen LogP contribution in [-0.4, -0.2) is 43.0 Å². The number of hydrogen-bond acceptors (Lipinski definition) is 6. The minimum Gasteiger partial charge on any atom is -0.743 e. The molecular formula is C14H21F2O6S-. The zero-order valence-electron chi connectivity index (χ0n) is 13.0. The molecule has 6 nitrogen and oxygen atoms in total. The van der Waals surface area contributed by atoms with Crippen molar-refractivity contribution in [3.05, 3.63) is 12.2 Å². The molecule has 0 aliphatic heterocycles. The van der Waals surface area contributed by atoms with Gasteiger partial charge in [-0.05, 0) is 32.1 Å². The van der Waals surface area contributed by atoms with E-state index in [-0.39, 0.29) is 12.2 Å². The first-order valence-electron chi connectivity index (χ1n) is 7.35. The molecular weight excluding hydrogens is 334 g/mol. The third kappa shape index (κ3) is 5.50. The van der Waals surface area contributed by atoms with Gasteiger partial charge in [0.2, 0.25) is 0 Å². The van der Waals surface area contributed by atoms with E-state index in [0.717, 1.165) is 25.7 Å². The highest BCUT2D eigenvalue weighted by atomic mass is 32.2. The zero-order valence-corrected chi connectivity index (χ0v) is 13.8. The maximum Gasteiger partial charge on any atom is 0.336 e. The summed E-state index contributed by atoms with van der Waals surface area (Å²) in [6.45, 7) is 4.34. The average molecular weight is 355 g/mol. The lowest BCUT2D eigenvalue weighted by molar-refractivity contribution is -0.155. The molecule has 1 aliphatic carbocycles. The molecule has 0 aromatic carbocycles. The van der Waals surface area contributed by atoms with Gasteiger partial charge in [-0.3, -0.25) is 0 Å². The van der Waals surface area contributed by atoms with Crippen LogP contribution in [0.5, 0.6) is 0 Å². The van der Waals surface area contributed by atoms with Crippen LogP contribution in [0.15, 0.2) is 12.2 Å². The van der Waals surface area contributed by atoms with Gasteiger partial charge in [-0.2, -0.15) is 8.78 Å². The minimum absolute atomic E-state index is 0.0435. The summed E-state index contributed by atoms with van der Waals surface area (Å²) in [7, 11) is -5.72. The Balaban J connectivity index is 2.38. The van der Waals surface area contributed by atoms with Crippen molar-refractivity contribution < 1.29 is 36.0 Å². The molecule has 0 heterocycles. The SMILES string of the molecule is C=C(COCCC(F)(F)S(=O)(=O)[O-])C(=O)OC1(CC)CCCC1. The summed E-state index contributed by atoms with van der Waals surface area (Å²) >= 11 is 0. The van der Waals surface area contributed by atoms with Crippen LogP contribution in [0, 0.1) is 0 Å². The summed E-state index contributed by atoms with van der Waals surface area (Å²) in [6, 6.07) is 0. The largest absolute Gasteiger partial charge is 0.743 e. The van der Waals surface area contributed by atoms with Crippen LogP contribution < -0.4 is 0 Å². The summed E-state index contributed by atoms with van der Waals surface area (Å²) in [5.74, 6) is -0.656. The van der Waals surface area contributed by atoms with Crippen molar-refractivity contribution in [2.45, 2.75) is 56.3 Å². The van der Waals surface area contributed by atoms with E-state index in [4.69, 9.17) is 9.47 Å². The molecule has 1 rings (SSSR count). The van der Waals surface area contributed by atoms with Crippen molar-refractivity contribution in [3.63, 3.8) is 0 Å². The van der Waals surface area contributed by atoms with E-state index in [2.05, 4.69) is 6.58 Å². The molecule has 1 aliphatic rings. The molecule has 0 spiro atoms. The molecule has 0 saturated heterocycles. The Hall–Kier alpha value is -1.06. The average Bonchev–Trinajstić information content (AvgIpc) is 2.91. The standard InChI is InChI=1S/C14H22F2O6S/c1-3-13(6-4-5-7-13)22-12(17)11(2)10-21-9-8-14(15,16)23(18,19)20/h2-10H2,1H3,(H,18,19,20)/p-1. The molecule has 0 N–H and O–H groups in total. The molecule has 0 bridgehead atoms. The van der Waals surface area contributed by atoms with Crippen LogP contribution in [0.1, 0.15) is 45.4 Å². The summed E-state index contributed by atoms with van der Waals surface area (Å²) in [4.78, 5) is 11.9. The highest BCUT2D eigenvalue weighted by Gasteiger charge is 2.38. The lowest BCUT2D eigenvalue weighted by Crippen LogP contribution is -2.32. The van der Waals surface area contributed by atoms with Crippen molar-refractivity contribution in [1.82, 2.24) is 0 Å². The number of esters is 1. The van der Waals surface area contributed by atoms with Crippen LogP contribution >= 0.6 is 0 Å². The van der Waals surface area contributed by atoms with E-state index in [9.17, 15) is 26.5 Å². The second-order valence-electron chi connectivity index (χ2n) is 5.63. The van der Waals surface area contributed by atoms with Gasteiger partial charge in [0.1, 0.15) is 5.60 Å². The first-order chi connectivity index (χ1) is 10.5. The zero-order chi connectivity index (χ0) is 17.7. The summed E-state index contributed by atoms with van der Waals surface area (Å²) < 4.78 is 66.9. The molecule has 0 aromatic rings. The smallest absolute Gasteiger partial charge is 0.336 e. The second kappa shape index (κ2) is 7.67. The number of halogens is 2. The Kier molecular flexibility index (Phi) is 6.67. The summed E-state index contributed by atoms with van der Waals surface area (Å²) in [5, 5.41) is -4.40. The third-order valence-electron chi connectivity index (χ3n) is 3.94.